The van der Waals surface area contributed by atoms with E-state index in [-0.39, 0.29) is 11.9 Å². The second-order valence-corrected chi connectivity index (χ2v) is 7.04. The highest BCUT2D eigenvalue weighted by molar-refractivity contribution is 7.13. The normalized spacial score (nSPS) is 12.3. The fraction of sp³-hybridized carbons (Fsp3) is 0.316. The molecule has 3 heterocycles. The van der Waals surface area contributed by atoms with Crippen molar-refractivity contribution in [2.75, 3.05) is 20.6 Å². The van der Waals surface area contributed by atoms with Gasteiger partial charge in [0.2, 0.25) is 5.91 Å². The average Bonchev–Trinajstić information content (AvgIpc) is 3.33. The van der Waals surface area contributed by atoms with Crippen LogP contribution in [0.5, 0.6) is 0 Å². The Morgan fingerprint density at radius 1 is 1.31 bits per heavy atom. The summed E-state index contributed by atoms with van der Waals surface area (Å²) >= 11 is 1.59. The van der Waals surface area contributed by atoms with Gasteiger partial charge < -0.3 is 9.73 Å². The minimum absolute atomic E-state index is 0.0156. The molecule has 6 nitrogen and oxygen atoms in total. The summed E-state index contributed by atoms with van der Waals surface area (Å²) < 4.78 is 5.46. The summed E-state index contributed by atoms with van der Waals surface area (Å²) in [5, 5.41) is 5.95. The van der Waals surface area contributed by atoms with E-state index < -0.39 is 0 Å². The van der Waals surface area contributed by atoms with Crippen molar-refractivity contribution < 1.29 is 9.21 Å². The third-order valence-corrected chi connectivity index (χ3v) is 5.01. The molecule has 0 saturated carbocycles. The van der Waals surface area contributed by atoms with Crippen LogP contribution in [-0.4, -0.2) is 41.4 Å². The molecule has 0 aromatic carbocycles. The molecule has 3 aromatic rings. The molecule has 1 N–H and O–H groups in total. The van der Waals surface area contributed by atoms with Gasteiger partial charge in [0.15, 0.2) is 0 Å². The first-order valence-corrected chi connectivity index (χ1v) is 9.33. The van der Waals surface area contributed by atoms with Crippen LogP contribution in [0.1, 0.15) is 23.9 Å². The predicted molar refractivity (Wildman–Crippen MR) is 102 cm³/mol. The van der Waals surface area contributed by atoms with Crippen LogP contribution in [0.25, 0.3) is 10.6 Å². The van der Waals surface area contributed by atoms with E-state index in [1.165, 1.54) is 0 Å². The van der Waals surface area contributed by atoms with Gasteiger partial charge in [0.05, 0.1) is 18.0 Å². The van der Waals surface area contributed by atoms with Crippen LogP contribution >= 0.6 is 11.3 Å². The van der Waals surface area contributed by atoms with E-state index in [4.69, 9.17) is 4.42 Å². The number of carbonyl (C=O) groups excluding carboxylic acids is 1. The van der Waals surface area contributed by atoms with Crippen LogP contribution in [0.15, 0.2) is 52.7 Å². The van der Waals surface area contributed by atoms with Crippen molar-refractivity contribution in [3.8, 4) is 10.6 Å². The highest BCUT2D eigenvalue weighted by Gasteiger charge is 2.17. The lowest BCUT2D eigenvalue weighted by molar-refractivity contribution is -0.121. The summed E-state index contributed by atoms with van der Waals surface area (Å²) in [4.78, 5) is 22.8. The molecular formula is C19H22N4O2S. The van der Waals surface area contributed by atoms with E-state index in [0.717, 1.165) is 22.0 Å². The Morgan fingerprint density at radius 3 is 2.81 bits per heavy atom. The van der Waals surface area contributed by atoms with Gasteiger partial charge in [-0.1, -0.05) is 0 Å². The van der Waals surface area contributed by atoms with Crippen molar-refractivity contribution >= 4 is 17.2 Å². The van der Waals surface area contributed by atoms with Gasteiger partial charge >= 0.3 is 0 Å². The summed E-state index contributed by atoms with van der Waals surface area (Å²) in [6, 6.07) is 7.67. The van der Waals surface area contributed by atoms with Gasteiger partial charge in [-0.25, -0.2) is 4.98 Å². The highest BCUT2D eigenvalue weighted by atomic mass is 32.1. The van der Waals surface area contributed by atoms with Crippen LogP contribution in [0.4, 0.5) is 0 Å². The van der Waals surface area contributed by atoms with Gasteiger partial charge in [0, 0.05) is 36.3 Å². The Balaban J connectivity index is 1.49. The number of aryl methyl sites for hydroxylation is 1. The zero-order valence-electron chi connectivity index (χ0n) is 14.9. The number of amides is 1. The van der Waals surface area contributed by atoms with Crippen molar-refractivity contribution in [2.45, 2.75) is 18.9 Å². The van der Waals surface area contributed by atoms with Gasteiger partial charge in [-0.05, 0) is 44.8 Å². The Labute approximate surface area is 156 Å². The number of likely N-dealkylation sites (N-methyl/N-ethyl adjacent to an activating group) is 1. The minimum atomic E-state index is 0.0156. The maximum absolute atomic E-state index is 12.2. The Bertz CT molecular complexity index is 815. The van der Waals surface area contributed by atoms with Crippen molar-refractivity contribution in [1.29, 1.82) is 0 Å². The molecule has 0 aliphatic carbocycles. The first kappa shape index (κ1) is 18.3. The second kappa shape index (κ2) is 8.73. The van der Waals surface area contributed by atoms with E-state index in [0.29, 0.717) is 19.4 Å². The van der Waals surface area contributed by atoms with E-state index >= 15 is 0 Å². The topological polar surface area (TPSA) is 71.3 Å². The van der Waals surface area contributed by atoms with Crippen LogP contribution in [0.2, 0.25) is 0 Å². The fourth-order valence-corrected chi connectivity index (χ4v) is 3.47. The number of carbonyl (C=O) groups is 1. The number of thiazole rings is 1. The molecule has 0 aliphatic rings. The van der Waals surface area contributed by atoms with Crippen LogP contribution < -0.4 is 5.32 Å². The zero-order valence-corrected chi connectivity index (χ0v) is 15.7. The van der Waals surface area contributed by atoms with E-state index in [2.05, 4.69) is 15.3 Å². The summed E-state index contributed by atoms with van der Waals surface area (Å²) in [5.74, 6) is 0.860. The maximum atomic E-state index is 12.2. The SMILES string of the molecule is CN(C)C(CNC(=O)CCc1csc(-c2ccncc2)n1)c1ccco1. The molecule has 0 aliphatic heterocycles. The fourth-order valence-electron chi connectivity index (χ4n) is 2.61. The number of furan rings is 1. The quantitative estimate of drug-likeness (QED) is 0.659. The Hall–Kier alpha value is -2.51. The Morgan fingerprint density at radius 2 is 2.12 bits per heavy atom. The summed E-state index contributed by atoms with van der Waals surface area (Å²) in [7, 11) is 3.94. The molecule has 26 heavy (non-hydrogen) atoms. The number of hydrogen-bond donors (Lipinski definition) is 1. The largest absolute Gasteiger partial charge is 0.468 e. The van der Waals surface area contributed by atoms with Crippen LogP contribution in [0.3, 0.4) is 0 Å². The molecule has 3 aromatic heterocycles. The Kier molecular flexibility index (Phi) is 6.14. The molecule has 7 heteroatoms. The predicted octanol–water partition coefficient (Wildman–Crippen LogP) is 3.15. The third kappa shape index (κ3) is 4.77. The molecular weight excluding hydrogens is 348 g/mol. The van der Waals surface area contributed by atoms with E-state index in [9.17, 15) is 4.79 Å². The molecule has 1 unspecified atom stereocenters. The number of aromatic nitrogens is 2. The van der Waals surface area contributed by atoms with Crippen molar-refractivity contribution in [3.63, 3.8) is 0 Å². The van der Waals surface area contributed by atoms with Gasteiger partial charge in [-0.15, -0.1) is 11.3 Å². The van der Waals surface area contributed by atoms with Gasteiger partial charge in [0.1, 0.15) is 10.8 Å². The molecule has 3 rings (SSSR count). The van der Waals surface area contributed by atoms with Gasteiger partial charge in [0.25, 0.3) is 0 Å². The van der Waals surface area contributed by atoms with Gasteiger partial charge in [-0.3, -0.25) is 14.7 Å². The highest BCUT2D eigenvalue weighted by Crippen LogP contribution is 2.23. The number of rotatable bonds is 8. The summed E-state index contributed by atoms with van der Waals surface area (Å²) in [5.41, 5.74) is 1.99. The van der Waals surface area contributed by atoms with E-state index in [1.807, 2.05) is 48.6 Å². The summed E-state index contributed by atoms with van der Waals surface area (Å²) in [6.45, 7) is 0.513. The lowest BCUT2D eigenvalue weighted by Gasteiger charge is -2.22. The molecule has 0 fully saturated rings. The number of pyridine rings is 1. The van der Waals surface area contributed by atoms with Crippen LogP contribution in [-0.2, 0) is 11.2 Å². The standard InChI is InChI=1S/C19H22N4O2S/c1-23(2)16(17-4-3-11-25-17)12-21-18(24)6-5-15-13-26-19(22-15)14-7-9-20-10-8-14/h3-4,7-11,13,16H,5-6,12H2,1-2H3,(H,21,24). The lowest BCUT2D eigenvalue weighted by atomic mass is 10.2. The van der Waals surface area contributed by atoms with Crippen LogP contribution in [0, 0.1) is 0 Å². The zero-order chi connectivity index (χ0) is 18.4. The average molecular weight is 370 g/mol. The first-order chi connectivity index (χ1) is 12.6. The molecule has 1 atom stereocenters. The van der Waals surface area contributed by atoms with Crippen molar-refractivity contribution in [2.24, 2.45) is 0 Å². The number of nitrogens with one attached hydrogen (secondary N) is 1. The first-order valence-electron chi connectivity index (χ1n) is 8.45. The lowest BCUT2D eigenvalue weighted by Crippen LogP contribution is -2.34. The number of nitrogens with zero attached hydrogens (tertiary/aromatic N) is 3. The molecule has 0 spiro atoms. The molecule has 136 valence electrons. The van der Waals surface area contributed by atoms with Crippen molar-refractivity contribution in [3.05, 3.63) is 59.8 Å². The monoisotopic (exact) mass is 370 g/mol. The van der Waals surface area contributed by atoms with E-state index in [1.54, 1.807) is 30.0 Å². The third-order valence-electron chi connectivity index (χ3n) is 4.07. The maximum Gasteiger partial charge on any atom is 0.220 e. The summed E-state index contributed by atoms with van der Waals surface area (Å²) in [6.07, 6.45) is 6.20. The molecule has 0 bridgehead atoms. The number of hydrogen-bond acceptors (Lipinski definition) is 6. The van der Waals surface area contributed by atoms with Crippen molar-refractivity contribution in [1.82, 2.24) is 20.2 Å². The van der Waals surface area contributed by atoms with Gasteiger partial charge in [-0.2, -0.15) is 0 Å². The molecule has 0 saturated heterocycles. The molecule has 0 radical (unpaired) electrons. The smallest absolute Gasteiger partial charge is 0.220 e. The second-order valence-electron chi connectivity index (χ2n) is 6.18. The molecule has 1 amide bonds. The minimum Gasteiger partial charge on any atom is -0.468 e.